The van der Waals surface area contributed by atoms with E-state index in [1.54, 1.807) is 0 Å². The third kappa shape index (κ3) is 2.00. The summed E-state index contributed by atoms with van der Waals surface area (Å²) in [4.78, 5) is 3.57. The Morgan fingerprint density at radius 2 is 1.75 bits per heavy atom. The monoisotopic (exact) mass is 235 g/mol. The quantitative estimate of drug-likeness (QED) is 0.577. The van der Waals surface area contributed by atoms with Gasteiger partial charge in [-0.3, -0.25) is 0 Å². The van der Waals surface area contributed by atoms with Gasteiger partial charge in [-0.15, -0.1) is 0 Å². The van der Waals surface area contributed by atoms with Crippen molar-refractivity contribution in [1.82, 2.24) is 9.55 Å². The van der Waals surface area contributed by atoms with E-state index in [2.05, 4.69) is 4.98 Å². The molecule has 8 heteroatoms. The van der Waals surface area contributed by atoms with Crippen molar-refractivity contribution in [3.8, 4) is 0 Å². The molecule has 0 atom stereocenters. The van der Waals surface area contributed by atoms with E-state index in [0.29, 0.717) is 6.07 Å². The molecule has 0 radical (unpaired) electrons. The van der Waals surface area contributed by atoms with Crippen LogP contribution in [0.2, 0.25) is 0 Å². The van der Waals surface area contributed by atoms with Gasteiger partial charge in [0.2, 0.25) is 0 Å². The van der Waals surface area contributed by atoms with Crippen molar-refractivity contribution >= 4 is 18.0 Å². The Morgan fingerprint density at radius 3 is 2.38 bits per heavy atom. The molecule has 0 aliphatic carbocycles. The molecule has 2 rings (SSSR count). The summed E-state index contributed by atoms with van der Waals surface area (Å²) < 4.78 is 62.9. The fourth-order valence-electron chi connectivity index (χ4n) is 1.42. The molecule has 86 valence electrons. The first-order valence-corrected chi connectivity index (χ1v) is 4.38. The van der Waals surface area contributed by atoms with Gasteiger partial charge >= 0.3 is 6.98 Å². The average Bonchev–Trinajstić information content (AvgIpc) is 2.47. The van der Waals surface area contributed by atoms with E-state index in [1.165, 1.54) is 0 Å². The van der Waals surface area contributed by atoms with Gasteiger partial charge in [0, 0.05) is 12.1 Å². The van der Waals surface area contributed by atoms with Crippen LogP contribution >= 0.6 is 0 Å². The summed E-state index contributed by atoms with van der Waals surface area (Å²) in [5.41, 5.74) is -0.0722. The molecule has 0 bridgehead atoms. The zero-order valence-corrected chi connectivity index (χ0v) is 7.80. The van der Waals surface area contributed by atoms with Gasteiger partial charge in [-0.1, -0.05) is 0 Å². The van der Waals surface area contributed by atoms with Gasteiger partial charge in [0.25, 0.3) is 0 Å². The smallest absolute Gasteiger partial charge is 0.448 e. The lowest BCUT2D eigenvalue weighted by Crippen LogP contribution is -2.23. The van der Waals surface area contributed by atoms with Crippen LogP contribution in [-0.4, -0.2) is 16.5 Å². The molecule has 2 aromatic rings. The van der Waals surface area contributed by atoms with E-state index in [4.69, 9.17) is 0 Å². The summed E-state index contributed by atoms with van der Waals surface area (Å²) in [5.74, 6) is -2.32. The zero-order chi connectivity index (χ0) is 11.9. The molecule has 1 aromatic heterocycles. The lowest BCUT2D eigenvalue weighted by atomic mass is 9.92. The summed E-state index contributed by atoms with van der Waals surface area (Å²) >= 11 is 0. The third-order valence-electron chi connectivity index (χ3n) is 2.07. The van der Waals surface area contributed by atoms with Crippen LogP contribution in [0.4, 0.5) is 21.7 Å². The topological polar surface area (TPSA) is 17.8 Å². The van der Waals surface area contributed by atoms with Gasteiger partial charge in [-0.05, 0) is 6.44 Å². The van der Waals surface area contributed by atoms with Gasteiger partial charge < -0.3 is 17.5 Å². The summed E-state index contributed by atoms with van der Waals surface area (Å²) in [6, 6.07) is 1.48. The molecule has 1 aromatic carbocycles. The molecule has 0 aliphatic heterocycles. The van der Waals surface area contributed by atoms with E-state index < -0.39 is 25.1 Å². The van der Waals surface area contributed by atoms with Crippen LogP contribution in [0.1, 0.15) is 0 Å². The lowest BCUT2D eigenvalue weighted by Gasteiger charge is -2.14. The number of fused-ring (bicyclic) bond motifs is 1. The predicted molar refractivity (Wildman–Crippen MR) is 48.7 cm³/mol. The van der Waals surface area contributed by atoms with Crippen LogP contribution in [0.3, 0.4) is 0 Å². The number of imidazole rings is 1. The maximum atomic E-state index is 12.8. The number of aromatic nitrogens is 2. The molecule has 0 unspecified atom stereocenters. The first-order chi connectivity index (χ1) is 7.37. The Kier molecular flexibility index (Phi) is 2.36. The molecule has 0 spiro atoms. The Bertz CT molecular complexity index is 533. The van der Waals surface area contributed by atoms with E-state index >= 15 is 0 Å². The number of hydrogen-bond acceptors (Lipinski definition) is 1. The molecule has 0 amide bonds. The minimum absolute atomic E-state index is 0.000972. The van der Waals surface area contributed by atoms with E-state index in [-0.39, 0.29) is 11.0 Å². The number of hydrogen-bond donors (Lipinski definition) is 0. The van der Waals surface area contributed by atoms with Gasteiger partial charge in [0.15, 0.2) is 11.6 Å². The fourth-order valence-corrected chi connectivity index (χ4v) is 1.42. The summed E-state index contributed by atoms with van der Waals surface area (Å²) in [6.45, 7) is -5.05. The average molecular weight is 235 g/mol. The van der Waals surface area contributed by atoms with Crippen molar-refractivity contribution < 1.29 is 21.7 Å². The van der Waals surface area contributed by atoms with Crippen LogP contribution in [0.25, 0.3) is 11.0 Å². The normalized spacial score (nSPS) is 12.3. The zero-order valence-electron chi connectivity index (χ0n) is 7.80. The lowest BCUT2D eigenvalue weighted by molar-refractivity contribution is 0.447. The predicted octanol–water partition coefficient (Wildman–Crippen LogP) is 2.70. The molecular weight excluding hydrogens is 230 g/mol. The summed E-state index contributed by atoms with van der Waals surface area (Å²) in [5, 5.41) is 0. The first-order valence-electron chi connectivity index (χ1n) is 4.38. The van der Waals surface area contributed by atoms with Crippen LogP contribution < -0.4 is 0 Å². The largest absolute Gasteiger partial charge is 0.497 e. The highest BCUT2D eigenvalue weighted by Gasteiger charge is 2.24. The van der Waals surface area contributed by atoms with Gasteiger partial charge in [0.05, 0.1) is 17.4 Å². The second-order valence-corrected chi connectivity index (χ2v) is 3.36. The SMILES string of the molecule is Fc1cc2ncn(C[B-](F)(F)F)c2cc1F. The van der Waals surface area contributed by atoms with Crippen molar-refractivity contribution in [2.24, 2.45) is 0 Å². The summed E-state index contributed by atoms with van der Waals surface area (Å²) in [7, 11) is 0. The van der Waals surface area contributed by atoms with Gasteiger partial charge in [-0.2, -0.15) is 0 Å². The minimum atomic E-state index is -5.05. The van der Waals surface area contributed by atoms with Crippen molar-refractivity contribution in [2.45, 2.75) is 6.44 Å². The van der Waals surface area contributed by atoms with E-state index in [9.17, 15) is 21.7 Å². The molecular formula is C8H5BF5N2-. The van der Waals surface area contributed by atoms with Gasteiger partial charge in [-0.25, -0.2) is 13.8 Å². The molecule has 16 heavy (non-hydrogen) atoms. The number of halogens is 5. The molecule has 2 nitrogen and oxygen atoms in total. The fraction of sp³-hybridized carbons (Fsp3) is 0.125. The van der Waals surface area contributed by atoms with Crippen molar-refractivity contribution in [2.75, 3.05) is 0 Å². The van der Waals surface area contributed by atoms with Gasteiger partial charge in [0.1, 0.15) is 0 Å². The Hall–Kier alpha value is -1.60. The van der Waals surface area contributed by atoms with E-state index in [1.807, 2.05) is 0 Å². The van der Waals surface area contributed by atoms with Crippen molar-refractivity contribution in [1.29, 1.82) is 0 Å². The first kappa shape index (κ1) is 10.9. The molecule has 0 fully saturated rings. The molecule has 0 saturated heterocycles. The molecule has 1 heterocycles. The van der Waals surface area contributed by atoms with Crippen LogP contribution in [0, 0.1) is 11.6 Å². The highest BCUT2D eigenvalue weighted by Crippen LogP contribution is 2.20. The van der Waals surface area contributed by atoms with Crippen LogP contribution in [0.15, 0.2) is 18.5 Å². The second kappa shape index (κ2) is 3.46. The summed E-state index contributed by atoms with van der Waals surface area (Å²) in [6.07, 6.45) is -0.305. The molecule has 0 N–H and O–H groups in total. The Balaban J connectivity index is 2.52. The molecule has 0 saturated carbocycles. The minimum Gasteiger partial charge on any atom is -0.448 e. The van der Waals surface area contributed by atoms with Crippen molar-refractivity contribution in [3.63, 3.8) is 0 Å². The number of nitrogens with zero attached hydrogens (tertiary/aromatic N) is 2. The Labute approximate surface area is 86.8 Å². The highest BCUT2D eigenvalue weighted by molar-refractivity contribution is 6.57. The van der Waals surface area contributed by atoms with Crippen LogP contribution in [-0.2, 0) is 6.44 Å². The maximum absolute atomic E-state index is 12.8. The standard InChI is InChI=1S/C8H5BF5N2/c10-5-1-7-8(2-6(5)11)16(4-15-7)3-9(12,13)14/h1-2,4H,3H2/q-1. The van der Waals surface area contributed by atoms with E-state index in [0.717, 1.165) is 17.0 Å². The van der Waals surface area contributed by atoms with Crippen LogP contribution in [0.5, 0.6) is 0 Å². The Morgan fingerprint density at radius 1 is 1.12 bits per heavy atom. The number of rotatable bonds is 2. The maximum Gasteiger partial charge on any atom is 0.497 e. The third-order valence-corrected chi connectivity index (χ3v) is 2.07. The second-order valence-electron chi connectivity index (χ2n) is 3.36. The highest BCUT2D eigenvalue weighted by atomic mass is 19.4. The number of benzene rings is 1. The van der Waals surface area contributed by atoms with Crippen molar-refractivity contribution in [3.05, 3.63) is 30.1 Å². The molecule has 0 aliphatic rings.